The fourth-order valence-corrected chi connectivity index (χ4v) is 2.63. The number of rotatable bonds is 4. The number of fused-ring (bicyclic) bond motifs is 1. The van der Waals surface area contributed by atoms with E-state index in [-0.39, 0.29) is 0 Å². The van der Waals surface area contributed by atoms with E-state index in [1.807, 2.05) is 19.1 Å². The number of piperidine rings is 1. The molecule has 0 spiro atoms. The molecule has 5 nitrogen and oxygen atoms in total. The number of anilines is 1. The Morgan fingerprint density at radius 2 is 1.95 bits per heavy atom. The number of benzene rings is 1. The molecule has 5 heteroatoms. The molecule has 0 radical (unpaired) electrons. The molecule has 1 aromatic carbocycles. The van der Waals surface area contributed by atoms with E-state index < -0.39 is 0 Å². The van der Waals surface area contributed by atoms with Gasteiger partial charge in [0.2, 0.25) is 5.95 Å². The summed E-state index contributed by atoms with van der Waals surface area (Å²) in [6.07, 6.45) is 4.03. The van der Waals surface area contributed by atoms with Crippen molar-refractivity contribution in [2.75, 3.05) is 31.5 Å². The Balaban J connectivity index is 1.58. The molecule has 20 heavy (non-hydrogen) atoms. The predicted molar refractivity (Wildman–Crippen MR) is 80.9 cm³/mol. The second-order valence-electron chi connectivity index (χ2n) is 5.46. The molecule has 1 aliphatic heterocycles. The van der Waals surface area contributed by atoms with Crippen LogP contribution in [0.5, 0.6) is 0 Å². The van der Waals surface area contributed by atoms with Crippen molar-refractivity contribution in [2.24, 2.45) is 0 Å². The minimum Gasteiger partial charge on any atom is -0.352 e. The molecular weight excluding hydrogens is 250 g/mol. The fraction of sp³-hybridized carbons (Fsp3) is 0.533. The van der Waals surface area contributed by atoms with Crippen LogP contribution in [0.25, 0.3) is 11.0 Å². The molecule has 1 aliphatic rings. The zero-order valence-corrected chi connectivity index (χ0v) is 12.0. The second kappa shape index (κ2) is 6.13. The minimum atomic E-state index is 0.623. The smallest absolute Gasteiger partial charge is 0.243 e. The second-order valence-corrected chi connectivity index (χ2v) is 5.46. The molecular formula is C15H21N5. The van der Waals surface area contributed by atoms with Gasteiger partial charge in [0.25, 0.3) is 0 Å². The number of aryl methyl sites for hydroxylation is 1. The number of nitrogens with one attached hydrogen (secondary N) is 1. The topological polar surface area (TPSA) is 53.9 Å². The normalized spacial score (nSPS) is 16.4. The van der Waals surface area contributed by atoms with Gasteiger partial charge in [-0.2, -0.15) is 0 Å². The Morgan fingerprint density at radius 1 is 1.10 bits per heavy atom. The first-order chi connectivity index (χ1) is 9.81. The first-order valence-corrected chi connectivity index (χ1v) is 7.38. The van der Waals surface area contributed by atoms with Gasteiger partial charge in [-0.25, -0.2) is 4.98 Å². The molecule has 3 rings (SSSR count). The van der Waals surface area contributed by atoms with Gasteiger partial charge < -0.3 is 10.2 Å². The Morgan fingerprint density at radius 3 is 2.80 bits per heavy atom. The lowest BCUT2D eigenvalue weighted by Crippen LogP contribution is -2.33. The zero-order chi connectivity index (χ0) is 13.8. The van der Waals surface area contributed by atoms with Crippen molar-refractivity contribution in [3.63, 3.8) is 0 Å². The monoisotopic (exact) mass is 271 g/mol. The Bertz CT molecular complexity index is 577. The highest BCUT2D eigenvalue weighted by molar-refractivity contribution is 5.75. The molecule has 2 aromatic rings. The maximum atomic E-state index is 4.50. The van der Waals surface area contributed by atoms with E-state index >= 15 is 0 Å². The van der Waals surface area contributed by atoms with E-state index in [1.165, 1.54) is 37.9 Å². The fourth-order valence-electron chi connectivity index (χ4n) is 2.63. The van der Waals surface area contributed by atoms with Crippen molar-refractivity contribution in [1.82, 2.24) is 20.1 Å². The zero-order valence-electron chi connectivity index (χ0n) is 12.0. The predicted octanol–water partition coefficient (Wildman–Crippen LogP) is 2.23. The summed E-state index contributed by atoms with van der Waals surface area (Å²) in [6, 6.07) is 6.05. The summed E-state index contributed by atoms with van der Waals surface area (Å²) in [4.78, 5) is 6.99. The molecule has 1 N–H and O–H groups in total. The van der Waals surface area contributed by atoms with E-state index in [0.717, 1.165) is 24.1 Å². The largest absolute Gasteiger partial charge is 0.352 e. The maximum absolute atomic E-state index is 4.50. The van der Waals surface area contributed by atoms with Crippen molar-refractivity contribution >= 4 is 17.0 Å². The van der Waals surface area contributed by atoms with Gasteiger partial charge in [-0.15, -0.1) is 10.2 Å². The average molecular weight is 271 g/mol. The van der Waals surface area contributed by atoms with Crippen molar-refractivity contribution < 1.29 is 0 Å². The third-order valence-electron chi connectivity index (χ3n) is 3.77. The molecule has 0 unspecified atom stereocenters. The lowest BCUT2D eigenvalue weighted by molar-refractivity contribution is 0.237. The molecule has 0 aliphatic carbocycles. The van der Waals surface area contributed by atoms with Crippen LogP contribution in [0.1, 0.15) is 24.8 Å². The molecule has 0 bridgehead atoms. The molecule has 1 saturated heterocycles. The number of hydrogen-bond donors (Lipinski definition) is 1. The summed E-state index contributed by atoms with van der Waals surface area (Å²) < 4.78 is 0. The Labute approximate surface area is 119 Å². The van der Waals surface area contributed by atoms with Crippen molar-refractivity contribution in [2.45, 2.75) is 26.2 Å². The lowest BCUT2D eigenvalue weighted by atomic mass is 10.1. The van der Waals surface area contributed by atoms with Gasteiger partial charge in [-0.1, -0.05) is 12.5 Å². The highest BCUT2D eigenvalue weighted by Crippen LogP contribution is 2.12. The van der Waals surface area contributed by atoms with Crippen LogP contribution in [-0.4, -0.2) is 46.3 Å². The minimum absolute atomic E-state index is 0.623. The Hall–Kier alpha value is -1.75. The number of nitrogens with zero attached hydrogens (tertiary/aromatic N) is 4. The highest BCUT2D eigenvalue weighted by atomic mass is 15.2. The van der Waals surface area contributed by atoms with E-state index in [4.69, 9.17) is 0 Å². The van der Waals surface area contributed by atoms with Crippen LogP contribution in [0.3, 0.4) is 0 Å². The third-order valence-corrected chi connectivity index (χ3v) is 3.77. The van der Waals surface area contributed by atoms with Gasteiger partial charge in [-0.3, -0.25) is 0 Å². The summed E-state index contributed by atoms with van der Waals surface area (Å²) >= 11 is 0. The van der Waals surface area contributed by atoms with E-state index in [0.29, 0.717) is 5.95 Å². The SMILES string of the molecule is Cc1ccc2nc(NCCN3CCCCC3)nnc2c1. The summed E-state index contributed by atoms with van der Waals surface area (Å²) in [5, 5.41) is 11.6. The lowest BCUT2D eigenvalue weighted by Gasteiger charge is -2.26. The first kappa shape index (κ1) is 13.2. The van der Waals surface area contributed by atoms with Gasteiger partial charge in [0.05, 0.1) is 5.52 Å². The highest BCUT2D eigenvalue weighted by Gasteiger charge is 2.09. The van der Waals surface area contributed by atoms with E-state index in [9.17, 15) is 0 Å². The van der Waals surface area contributed by atoms with Gasteiger partial charge in [0, 0.05) is 13.1 Å². The average Bonchev–Trinajstić information content (AvgIpc) is 2.48. The van der Waals surface area contributed by atoms with E-state index in [2.05, 4.69) is 31.5 Å². The quantitative estimate of drug-likeness (QED) is 0.924. The van der Waals surface area contributed by atoms with Crippen LogP contribution in [0.15, 0.2) is 18.2 Å². The van der Waals surface area contributed by atoms with Crippen LogP contribution < -0.4 is 5.32 Å². The first-order valence-electron chi connectivity index (χ1n) is 7.38. The molecule has 106 valence electrons. The number of likely N-dealkylation sites (tertiary alicyclic amines) is 1. The molecule has 0 amide bonds. The third kappa shape index (κ3) is 3.22. The van der Waals surface area contributed by atoms with Gasteiger partial charge in [0.1, 0.15) is 5.52 Å². The summed E-state index contributed by atoms with van der Waals surface area (Å²) in [5.41, 5.74) is 2.93. The summed E-state index contributed by atoms with van der Waals surface area (Å²) in [6.45, 7) is 6.41. The standard InChI is InChI=1S/C15H21N5/c1-12-5-6-13-14(11-12)18-19-15(17-13)16-7-10-20-8-3-2-4-9-20/h5-6,11H,2-4,7-10H2,1H3,(H,16,17,19). The van der Waals surface area contributed by atoms with Crippen molar-refractivity contribution in [1.29, 1.82) is 0 Å². The van der Waals surface area contributed by atoms with Crippen LogP contribution in [-0.2, 0) is 0 Å². The summed E-state index contributed by atoms with van der Waals surface area (Å²) in [5.74, 6) is 0.623. The molecule has 2 heterocycles. The van der Waals surface area contributed by atoms with Crippen LogP contribution in [0.2, 0.25) is 0 Å². The molecule has 1 fully saturated rings. The number of hydrogen-bond acceptors (Lipinski definition) is 5. The maximum Gasteiger partial charge on any atom is 0.243 e. The molecule has 0 saturated carbocycles. The molecule has 1 aromatic heterocycles. The van der Waals surface area contributed by atoms with Crippen LogP contribution in [0, 0.1) is 6.92 Å². The Kier molecular flexibility index (Phi) is 4.06. The van der Waals surface area contributed by atoms with Gasteiger partial charge in [-0.05, 0) is 50.6 Å². The van der Waals surface area contributed by atoms with Crippen LogP contribution in [0.4, 0.5) is 5.95 Å². The molecule has 0 atom stereocenters. The van der Waals surface area contributed by atoms with Gasteiger partial charge >= 0.3 is 0 Å². The van der Waals surface area contributed by atoms with E-state index in [1.54, 1.807) is 0 Å². The van der Waals surface area contributed by atoms with Crippen LogP contribution >= 0.6 is 0 Å². The van der Waals surface area contributed by atoms with Crippen molar-refractivity contribution in [3.05, 3.63) is 23.8 Å². The van der Waals surface area contributed by atoms with Gasteiger partial charge in [0.15, 0.2) is 0 Å². The van der Waals surface area contributed by atoms with Crippen molar-refractivity contribution in [3.8, 4) is 0 Å². The number of aromatic nitrogens is 3. The summed E-state index contributed by atoms with van der Waals surface area (Å²) in [7, 11) is 0.